The molecule has 1 heterocycles. The van der Waals surface area contributed by atoms with Crippen molar-refractivity contribution >= 4 is 23.5 Å². The van der Waals surface area contributed by atoms with Gasteiger partial charge in [0.15, 0.2) is 0 Å². The van der Waals surface area contributed by atoms with E-state index in [2.05, 4.69) is 11.4 Å². The topological polar surface area (TPSA) is 85.7 Å². The first-order chi connectivity index (χ1) is 16.1. The van der Waals surface area contributed by atoms with E-state index in [1.54, 1.807) is 28.0 Å². The van der Waals surface area contributed by atoms with Crippen LogP contribution in [0.15, 0.2) is 78.9 Å². The summed E-state index contributed by atoms with van der Waals surface area (Å²) in [7, 11) is 0. The van der Waals surface area contributed by atoms with Gasteiger partial charge in [0, 0.05) is 31.0 Å². The summed E-state index contributed by atoms with van der Waals surface area (Å²) < 4.78 is 5.24. The number of hydrogen-bond acceptors (Lipinski definition) is 4. The average molecular weight is 441 g/mol. The monoisotopic (exact) mass is 440 g/mol. The standard InChI is InChI=1S/C26H24N4O3/c27-17-21-8-4-9-22(16-21)18-29-14-5-15-30(26(29)32)24-12-10-23(11-13-24)28-25(31)33-19-20-6-2-1-3-7-20/h1-4,6-13,16H,5,14-15,18-19H2,(H,28,31). The van der Waals surface area contributed by atoms with E-state index in [9.17, 15) is 9.59 Å². The van der Waals surface area contributed by atoms with Gasteiger partial charge in [-0.15, -0.1) is 0 Å². The van der Waals surface area contributed by atoms with Crippen LogP contribution in [-0.2, 0) is 17.9 Å². The Bertz CT molecular complexity index is 1160. The normalized spacial score (nSPS) is 13.4. The van der Waals surface area contributed by atoms with Crippen LogP contribution in [0, 0.1) is 11.3 Å². The minimum Gasteiger partial charge on any atom is -0.444 e. The first kappa shape index (κ1) is 21.9. The van der Waals surface area contributed by atoms with Crippen LogP contribution in [-0.4, -0.2) is 30.1 Å². The highest BCUT2D eigenvalue weighted by Gasteiger charge is 2.26. The number of benzene rings is 3. The molecule has 7 heteroatoms. The number of nitrogens with one attached hydrogen (secondary N) is 1. The number of anilines is 2. The van der Waals surface area contributed by atoms with Gasteiger partial charge in [0.25, 0.3) is 0 Å². The van der Waals surface area contributed by atoms with Crippen molar-refractivity contribution in [2.24, 2.45) is 0 Å². The van der Waals surface area contributed by atoms with Gasteiger partial charge in [-0.1, -0.05) is 42.5 Å². The van der Waals surface area contributed by atoms with Crippen molar-refractivity contribution < 1.29 is 14.3 Å². The van der Waals surface area contributed by atoms with Gasteiger partial charge >= 0.3 is 12.1 Å². The Morgan fingerprint density at radius 1 is 0.970 bits per heavy atom. The maximum Gasteiger partial charge on any atom is 0.411 e. The average Bonchev–Trinajstić information content (AvgIpc) is 2.85. The highest BCUT2D eigenvalue weighted by Crippen LogP contribution is 2.23. The third kappa shape index (κ3) is 5.69. The number of ether oxygens (including phenoxy) is 1. The van der Waals surface area contributed by atoms with Gasteiger partial charge in [-0.25, -0.2) is 9.59 Å². The van der Waals surface area contributed by atoms with E-state index in [1.807, 2.05) is 60.7 Å². The summed E-state index contributed by atoms with van der Waals surface area (Å²) in [5.74, 6) is 0. The molecule has 3 aromatic carbocycles. The zero-order valence-corrected chi connectivity index (χ0v) is 18.1. The summed E-state index contributed by atoms with van der Waals surface area (Å²) in [5.41, 5.74) is 3.78. The molecule has 33 heavy (non-hydrogen) atoms. The molecule has 0 spiro atoms. The summed E-state index contributed by atoms with van der Waals surface area (Å²) in [6.45, 7) is 1.94. The molecule has 7 nitrogen and oxygen atoms in total. The van der Waals surface area contributed by atoms with E-state index in [4.69, 9.17) is 10.00 Å². The molecule has 4 rings (SSSR count). The van der Waals surface area contributed by atoms with Gasteiger partial charge in [0.2, 0.25) is 0 Å². The van der Waals surface area contributed by atoms with Crippen LogP contribution in [0.25, 0.3) is 0 Å². The molecule has 166 valence electrons. The Hall–Kier alpha value is -4.31. The Labute approximate surface area is 192 Å². The van der Waals surface area contributed by atoms with Gasteiger partial charge in [-0.05, 0) is 53.9 Å². The quantitative estimate of drug-likeness (QED) is 0.575. The molecule has 1 fully saturated rings. The van der Waals surface area contributed by atoms with Crippen molar-refractivity contribution in [2.45, 2.75) is 19.6 Å². The summed E-state index contributed by atoms with van der Waals surface area (Å²) in [4.78, 5) is 28.6. The minimum atomic E-state index is -0.536. The van der Waals surface area contributed by atoms with Gasteiger partial charge in [-0.3, -0.25) is 10.2 Å². The van der Waals surface area contributed by atoms with Gasteiger partial charge in [-0.2, -0.15) is 5.26 Å². The lowest BCUT2D eigenvalue weighted by atomic mass is 10.1. The molecule has 0 saturated carbocycles. The van der Waals surface area contributed by atoms with Crippen LogP contribution in [0.5, 0.6) is 0 Å². The molecule has 0 unspecified atom stereocenters. The summed E-state index contributed by atoms with van der Waals surface area (Å²) in [5, 5.41) is 11.8. The predicted octanol–water partition coefficient (Wildman–Crippen LogP) is 5.14. The molecular formula is C26H24N4O3. The molecule has 1 aliphatic rings. The third-order valence-corrected chi connectivity index (χ3v) is 5.38. The zero-order chi connectivity index (χ0) is 23.0. The van der Waals surface area contributed by atoms with Crippen LogP contribution >= 0.6 is 0 Å². The van der Waals surface area contributed by atoms with Crippen molar-refractivity contribution in [2.75, 3.05) is 23.3 Å². The van der Waals surface area contributed by atoms with Gasteiger partial charge in [0.1, 0.15) is 6.61 Å². The van der Waals surface area contributed by atoms with Gasteiger partial charge < -0.3 is 9.64 Å². The molecular weight excluding hydrogens is 416 g/mol. The molecule has 0 atom stereocenters. The molecule has 0 radical (unpaired) electrons. The van der Waals surface area contributed by atoms with Crippen LogP contribution in [0.2, 0.25) is 0 Å². The number of amides is 3. The Balaban J connectivity index is 1.35. The first-order valence-corrected chi connectivity index (χ1v) is 10.8. The Kier molecular flexibility index (Phi) is 6.86. The fraction of sp³-hybridized carbons (Fsp3) is 0.192. The highest BCUT2D eigenvalue weighted by atomic mass is 16.5. The molecule has 1 saturated heterocycles. The van der Waals surface area contributed by atoms with E-state index in [-0.39, 0.29) is 12.6 Å². The maximum absolute atomic E-state index is 13.1. The van der Waals surface area contributed by atoms with Crippen molar-refractivity contribution in [3.63, 3.8) is 0 Å². The lowest BCUT2D eigenvalue weighted by Crippen LogP contribution is -2.49. The third-order valence-electron chi connectivity index (χ3n) is 5.38. The second-order valence-electron chi connectivity index (χ2n) is 7.76. The fourth-order valence-electron chi connectivity index (χ4n) is 3.73. The minimum absolute atomic E-state index is 0.0772. The van der Waals surface area contributed by atoms with Crippen LogP contribution < -0.4 is 10.2 Å². The number of hydrogen-bond donors (Lipinski definition) is 1. The van der Waals surface area contributed by atoms with Crippen LogP contribution in [0.3, 0.4) is 0 Å². The molecule has 0 aromatic heterocycles. The lowest BCUT2D eigenvalue weighted by molar-refractivity contribution is 0.155. The van der Waals surface area contributed by atoms with Crippen molar-refractivity contribution in [3.8, 4) is 6.07 Å². The number of carbonyl (C=O) groups excluding carboxylic acids is 2. The van der Waals surface area contributed by atoms with E-state index in [0.717, 1.165) is 23.2 Å². The Morgan fingerprint density at radius 2 is 1.73 bits per heavy atom. The van der Waals surface area contributed by atoms with Crippen LogP contribution in [0.4, 0.5) is 21.0 Å². The SMILES string of the molecule is N#Cc1cccc(CN2CCCN(c3ccc(NC(=O)OCc4ccccc4)cc3)C2=O)c1. The highest BCUT2D eigenvalue weighted by molar-refractivity contribution is 5.93. The smallest absolute Gasteiger partial charge is 0.411 e. The molecule has 3 amide bonds. The van der Waals surface area contributed by atoms with Crippen LogP contribution in [0.1, 0.15) is 23.1 Å². The molecule has 3 aromatic rings. The second kappa shape index (κ2) is 10.3. The number of nitrogens with zero attached hydrogens (tertiary/aromatic N) is 3. The molecule has 0 bridgehead atoms. The number of nitriles is 1. The Morgan fingerprint density at radius 3 is 2.48 bits per heavy atom. The first-order valence-electron chi connectivity index (χ1n) is 10.8. The number of urea groups is 1. The molecule has 0 aliphatic carbocycles. The van der Waals surface area contributed by atoms with Crippen molar-refractivity contribution in [1.82, 2.24) is 4.90 Å². The van der Waals surface area contributed by atoms with E-state index in [1.165, 1.54) is 0 Å². The lowest BCUT2D eigenvalue weighted by Gasteiger charge is -2.35. The second-order valence-corrected chi connectivity index (χ2v) is 7.76. The van der Waals surface area contributed by atoms with Crippen molar-refractivity contribution in [3.05, 3.63) is 95.6 Å². The predicted molar refractivity (Wildman–Crippen MR) is 126 cm³/mol. The van der Waals surface area contributed by atoms with Crippen molar-refractivity contribution in [1.29, 1.82) is 5.26 Å². The zero-order valence-electron chi connectivity index (χ0n) is 18.1. The molecule has 1 aliphatic heterocycles. The molecule has 1 N–H and O–H groups in total. The summed E-state index contributed by atoms with van der Waals surface area (Å²) in [6, 6.07) is 26.0. The number of carbonyl (C=O) groups is 2. The van der Waals surface area contributed by atoms with E-state index >= 15 is 0 Å². The van der Waals surface area contributed by atoms with Gasteiger partial charge in [0.05, 0.1) is 11.6 Å². The largest absolute Gasteiger partial charge is 0.444 e. The number of rotatable bonds is 6. The summed E-state index contributed by atoms with van der Waals surface area (Å²) in [6.07, 6.45) is 0.307. The van der Waals surface area contributed by atoms with E-state index < -0.39 is 6.09 Å². The summed E-state index contributed by atoms with van der Waals surface area (Å²) >= 11 is 0. The van der Waals surface area contributed by atoms with E-state index in [0.29, 0.717) is 30.9 Å². The fourth-order valence-corrected chi connectivity index (χ4v) is 3.73. The maximum atomic E-state index is 13.1.